The maximum Gasteiger partial charge on any atom is 0.260 e. The summed E-state index contributed by atoms with van der Waals surface area (Å²) in [5.41, 5.74) is 6.45. The first kappa shape index (κ1) is 15.9. The van der Waals surface area contributed by atoms with E-state index < -0.39 is 0 Å². The van der Waals surface area contributed by atoms with Crippen molar-refractivity contribution in [2.24, 2.45) is 0 Å². The number of nitrogens with two attached hydrogens (primary N) is 1. The number of aromatic amines is 1. The number of benzene rings is 1. The van der Waals surface area contributed by atoms with Crippen LogP contribution in [0.5, 0.6) is 11.5 Å². The van der Waals surface area contributed by atoms with Crippen molar-refractivity contribution in [3.05, 3.63) is 45.9 Å². The summed E-state index contributed by atoms with van der Waals surface area (Å²) in [5.74, 6) is 1.09. The van der Waals surface area contributed by atoms with Crippen LogP contribution in [-0.2, 0) is 17.8 Å². The van der Waals surface area contributed by atoms with E-state index in [2.05, 4.69) is 9.97 Å². The average molecular weight is 330 g/mol. The average Bonchev–Trinajstić information content (AvgIpc) is 2.59. The number of methoxy groups -OCH3 is 1. The molecule has 1 aliphatic heterocycles. The van der Waals surface area contributed by atoms with Crippen LogP contribution in [0.1, 0.15) is 11.3 Å². The molecule has 3 rings (SSSR count). The van der Waals surface area contributed by atoms with Crippen molar-refractivity contribution in [2.45, 2.75) is 13.0 Å². The Morgan fingerprint density at radius 2 is 2.21 bits per heavy atom. The van der Waals surface area contributed by atoms with E-state index in [1.54, 1.807) is 36.3 Å². The molecule has 1 amide bonds. The van der Waals surface area contributed by atoms with E-state index >= 15 is 0 Å². The summed E-state index contributed by atoms with van der Waals surface area (Å²) in [6, 6.07) is 7.04. The number of anilines is 1. The highest BCUT2D eigenvalue weighted by molar-refractivity contribution is 5.78. The number of carbonyl (C=O) groups excluding carboxylic acids is 1. The molecule has 3 N–H and O–H groups in total. The molecule has 2 heterocycles. The second kappa shape index (κ2) is 6.61. The highest BCUT2D eigenvalue weighted by atomic mass is 16.5. The van der Waals surface area contributed by atoms with E-state index in [1.165, 1.54) is 0 Å². The van der Waals surface area contributed by atoms with Crippen LogP contribution in [0.25, 0.3) is 0 Å². The van der Waals surface area contributed by atoms with Gasteiger partial charge in [0.2, 0.25) is 5.95 Å². The lowest BCUT2D eigenvalue weighted by Gasteiger charge is -2.27. The maximum atomic E-state index is 12.3. The largest absolute Gasteiger partial charge is 0.497 e. The van der Waals surface area contributed by atoms with Gasteiger partial charge >= 0.3 is 0 Å². The number of H-pyrrole nitrogens is 1. The lowest BCUT2D eigenvalue weighted by Crippen LogP contribution is -2.41. The fraction of sp³-hybridized carbons (Fsp3) is 0.312. The third-order valence-corrected chi connectivity index (χ3v) is 3.85. The van der Waals surface area contributed by atoms with Gasteiger partial charge in [0, 0.05) is 18.2 Å². The Balaban J connectivity index is 1.65. The third kappa shape index (κ3) is 3.32. The first-order valence-electron chi connectivity index (χ1n) is 7.49. The zero-order chi connectivity index (χ0) is 17.1. The summed E-state index contributed by atoms with van der Waals surface area (Å²) in [5, 5.41) is 0. The Bertz CT molecular complexity index is 818. The molecule has 0 bridgehead atoms. The van der Waals surface area contributed by atoms with Gasteiger partial charge in [-0.05, 0) is 18.6 Å². The molecular weight excluding hydrogens is 312 g/mol. The zero-order valence-electron chi connectivity index (χ0n) is 13.2. The highest BCUT2D eigenvalue weighted by Gasteiger charge is 2.24. The van der Waals surface area contributed by atoms with Crippen LogP contribution < -0.4 is 20.8 Å². The maximum absolute atomic E-state index is 12.3. The van der Waals surface area contributed by atoms with Crippen molar-refractivity contribution in [3.63, 3.8) is 0 Å². The SMILES string of the molecule is COc1cccc(OCC(=O)N2CCc3c(nc(N)[nH]c3=O)C2)c1. The number of amides is 1. The lowest BCUT2D eigenvalue weighted by atomic mass is 10.1. The Morgan fingerprint density at radius 3 is 3.00 bits per heavy atom. The Hall–Kier alpha value is -3.03. The van der Waals surface area contributed by atoms with Crippen LogP contribution in [0.3, 0.4) is 0 Å². The molecule has 0 radical (unpaired) electrons. The molecule has 0 aliphatic carbocycles. The fourth-order valence-corrected chi connectivity index (χ4v) is 2.60. The predicted molar refractivity (Wildman–Crippen MR) is 86.9 cm³/mol. The molecule has 1 aliphatic rings. The summed E-state index contributed by atoms with van der Waals surface area (Å²) in [6.45, 7) is 0.604. The first-order valence-corrected chi connectivity index (χ1v) is 7.49. The molecule has 2 aromatic rings. The quantitative estimate of drug-likeness (QED) is 0.835. The second-order valence-corrected chi connectivity index (χ2v) is 5.41. The Morgan fingerprint density at radius 1 is 1.42 bits per heavy atom. The number of hydrogen-bond acceptors (Lipinski definition) is 6. The normalized spacial score (nSPS) is 13.3. The standard InChI is InChI=1S/C16H18N4O4/c1-23-10-3-2-4-11(7-10)24-9-14(21)20-6-5-12-13(8-20)18-16(17)19-15(12)22/h2-4,7H,5-6,8-9H2,1H3,(H3,17,18,19,22). The van der Waals surface area contributed by atoms with Crippen molar-refractivity contribution in [3.8, 4) is 11.5 Å². The molecule has 0 saturated carbocycles. The van der Waals surface area contributed by atoms with Gasteiger partial charge in [-0.1, -0.05) is 6.07 Å². The summed E-state index contributed by atoms with van der Waals surface area (Å²) in [4.78, 5) is 32.3. The van der Waals surface area contributed by atoms with E-state index in [4.69, 9.17) is 15.2 Å². The van der Waals surface area contributed by atoms with Crippen molar-refractivity contribution in [2.75, 3.05) is 26.0 Å². The predicted octanol–water partition coefficient (Wildman–Crippen LogP) is 0.324. The number of nitrogens with zero attached hydrogens (tertiary/aromatic N) is 2. The summed E-state index contributed by atoms with van der Waals surface area (Å²) < 4.78 is 10.6. The number of nitrogen functional groups attached to an aromatic ring is 1. The van der Waals surface area contributed by atoms with Gasteiger partial charge in [-0.3, -0.25) is 14.6 Å². The molecule has 0 spiro atoms. The van der Waals surface area contributed by atoms with Crippen molar-refractivity contribution in [1.82, 2.24) is 14.9 Å². The zero-order valence-corrected chi connectivity index (χ0v) is 13.2. The van der Waals surface area contributed by atoms with Gasteiger partial charge in [0.05, 0.1) is 19.3 Å². The van der Waals surface area contributed by atoms with Crippen LogP contribution in [0.4, 0.5) is 5.95 Å². The Labute approximate surface area is 138 Å². The van der Waals surface area contributed by atoms with Crippen molar-refractivity contribution >= 4 is 11.9 Å². The number of nitrogens with one attached hydrogen (secondary N) is 1. The summed E-state index contributed by atoms with van der Waals surface area (Å²) in [6.07, 6.45) is 0.447. The molecule has 126 valence electrons. The second-order valence-electron chi connectivity index (χ2n) is 5.41. The molecule has 0 saturated heterocycles. The molecule has 1 aromatic heterocycles. The van der Waals surface area contributed by atoms with Gasteiger partial charge in [0.15, 0.2) is 6.61 Å². The van der Waals surface area contributed by atoms with E-state index in [0.717, 1.165) is 0 Å². The molecular formula is C16H18N4O4. The number of hydrogen-bond donors (Lipinski definition) is 2. The van der Waals surface area contributed by atoms with Crippen molar-refractivity contribution in [1.29, 1.82) is 0 Å². The highest BCUT2D eigenvalue weighted by Crippen LogP contribution is 2.19. The topological polar surface area (TPSA) is 111 Å². The minimum Gasteiger partial charge on any atom is -0.497 e. The van der Waals surface area contributed by atoms with E-state index in [-0.39, 0.29) is 30.6 Å². The number of rotatable bonds is 4. The number of ether oxygens (including phenoxy) is 2. The van der Waals surface area contributed by atoms with Gasteiger partial charge in [-0.15, -0.1) is 0 Å². The van der Waals surface area contributed by atoms with E-state index in [1.807, 2.05) is 0 Å². The summed E-state index contributed by atoms with van der Waals surface area (Å²) in [7, 11) is 1.57. The summed E-state index contributed by atoms with van der Waals surface area (Å²) >= 11 is 0. The van der Waals surface area contributed by atoms with Gasteiger partial charge in [0.1, 0.15) is 11.5 Å². The first-order chi connectivity index (χ1) is 11.6. The number of aromatic nitrogens is 2. The van der Waals surface area contributed by atoms with Crippen molar-refractivity contribution < 1.29 is 14.3 Å². The molecule has 0 atom stereocenters. The van der Waals surface area contributed by atoms with Crippen LogP contribution in [-0.4, -0.2) is 41.0 Å². The van der Waals surface area contributed by atoms with Gasteiger partial charge in [-0.2, -0.15) is 0 Å². The Kier molecular flexibility index (Phi) is 4.37. The van der Waals surface area contributed by atoms with Crippen LogP contribution >= 0.6 is 0 Å². The van der Waals surface area contributed by atoms with Crippen LogP contribution in [0.15, 0.2) is 29.1 Å². The molecule has 0 fully saturated rings. The molecule has 24 heavy (non-hydrogen) atoms. The molecule has 8 nitrogen and oxygen atoms in total. The van der Waals surface area contributed by atoms with Crippen LogP contribution in [0, 0.1) is 0 Å². The molecule has 8 heteroatoms. The van der Waals surface area contributed by atoms with E-state index in [9.17, 15) is 9.59 Å². The molecule has 1 aromatic carbocycles. The van der Waals surface area contributed by atoms with Crippen LogP contribution in [0.2, 0.25) is 0 Å². The van der Waals surface area contributed by atoms with Gasteiger partial charge in [0.25, 0.3) is 11.5 Å². The monoisotopic (exact) mass is 330 g/mol. The minimum atomic E-state index is -0.239. The number of fused-ring (bicyclic) bond motifs is 1. The van der Waals surface area contributed by atoms with E-state index in [0.29, 0.717) is 35.7 Å². The lowest BCUT2D eigenvalue weighted by molar-refractivity contribution is -0.134. The smallest absolute Gasteiger partial charge is 0.260 e. The van der Waals surface area contributed by atoms with Gasteiger partial charge in [-0.25, -0.2) is 4.98 Å². The number of carbonyl (C=O) groups is 1. The van der Waals surface area contributed by atoms with Gasteiger partial charge < -0.3 is 20.1 Å². The molecule has 0 unspecified atom stereocenters. The fourth-order valence-electron chi connectivity index (χ4n) is 2.60. The third-order valence-electron chi connectivity index (χ3n) is 3.85. The minimum absolute atomic E-state index is 0.0562.